The predicted octanol–water partition coefficient (Wildman–Crippen LogP) is 3.73. The summed E-state index contributed by atoms with van der Waals surface area (Å²) < 4.78 is 0. The zero-order valence-corrected chi connectivity index (χ0v) is 14.4. The van der Waals surface area contributed by atoms with Gasteiger partial charge in [-0.15, -0.1) is 0 Å². The normalized spacial score (nSPS) is 12.0. The Bertz CT molecular complexity index is 721. The van der Waals surface area contributed by atoms with Crippen molar-refractivity contribution in [3.63, 3.8) is 0 Å². The van der Waals surface area contributed by atoms with Crippen LogP contribution in [-0.2, 0) is 11.2 Å². The van der Waals surface area contributed by atoms with Crippen molar-refractivity contribution in [3.8, 4) is 0 Å². The molecule has 2 amide bonds. The van der Waals surface area contributed by atoms with E-state index in [2.05, 4.69) is 31.3 Å². The molecule has 0 aliphatic rings. The average molecular weight is 324 g/mol. The number of nitrogens with one attached hydrogen (secondary N) is 1. The van der Waals surface area contributed by atoms with Crippen molar-refractivity contribution in [1.29, 1.82) is 0 Å². The second kappa shape index (κ2) is 7.77. The van der Waals surface area contributed by atoms with E-state index in [1.54, 1.807) is 24.3 Å². The zero-order valence-electron chi connectivity index (χ0n) is 14.4. The van der Waals surface area contributed by atoms with Crippen molar-refractivity contribution < 1.29 is 9.59 Å². The van der Waals surface area contributed by atoms with Crippen LogP contribution in [0.5, 0.6) is 0 Å². The Labute approximate surface area is 143 Å². The number of carbonyl (C=O) groups is 2. The molecule has 3 N–H and O–H groups in total. The van der Waals surface area contributed by atoms with Gasteiger partial charge in [0.25, 0.3) is 0 Å². The monoisotopic (exact) mass is 324 g/mol. The number of rotatable bonds is 6. The summed E-state index contributed by atoms with van der Waals surface area (Å²) in [5, 5.41) is 2.84. The smallest absolute Gasteiger partial charge is 0.248 e. The molecule has 2 aromatic carbocycles. The third kappa shape index (κ3) is 4.69. The quantitative estimate of drug-likeness (QED) is 0.850. The highest BCUT2D eigenvalue weighted by molar-refractivity contribution is 5.98. The minimum Gasteiger partial charge on any atom is -0.366 e. The summed E-state index contributed by atoms with van der Waals surface area (Å²) in [5.41, 5.74) is 8.44. The maximum atomic E-state index is 12.4. The summed E-state index contributed by atoms with van der Waals surface area (Å²) in [6, 6.07) is 14.8. The number of hydrogen-bond donors (Lipinski definition) is 2. The molecule has 0 saturated carbocycles. The van der Waals surface area contributed by atoms with E-state index in [1.807, 2.05) is 19.1 Å². The number of benzene rings is 2. The molecule has 4 heteroatoms. The molecule has 0 saturated heterocycles. The van der Waals surface area contributed by atoms with Crippen LogP contribution >= 0.6 is 0 Å². The van der Waals surface area contributed by atoms with Crippen molar-refractivity contribution in [2.75, 3.05) is 5.32 Å². The summed E-state index contributed by atoms with van der Waals surface area (Å²) in [6.45, 7) is 6.24. The van der Waals surface area contributed by atoms with Crippen LogP contribution in [0.4, 0.5) is 5.69 Å². The first kappa shape index (κ1) is 17.7. The number of primary amides is 1. The lowest BCUT2D eigenvalue weighted by Crippen LogP contribution is -2.19. The molecular weight excluding hydrogens is 300 g/mol. The van der Waals surface area contributed by atoms with Crippen LogP contribution in [0.25, 0.3) is 0 Å². The van der Waals surface area contributed by atoms with E-state index >= 15 is 0 Å². The second-order valence-corrected chi connectivity index (χ2v) is 6.50. The molecule has 0 aromatic heterocycles. The fraction of sp³-hybridized carbons (Fsp3) is 0.300. The summed E-state index contributed by atoms with van der Waals surface area (Å²) in [7, 11) is 0. The van der Waals surface area contributed by atoms with Crippen molar-refractivity contribution in [2.45, 2.75) is 33.1 Å². The second-order valence-electron chi connectivity index (χ2n) is 6.50. The first-order chi connectivity index (χ1) is 11.4. The van der Waals surface area contributed by atoms with Crippen molar-refractivity contribution in [1.82, 2.24) is 0 Å². The van der Waals surface area contributed by atoms with Gasteiger partial charge in [-0.25, -0.2) is 0 Å². The Morgan fingerprint density at radius 3 is 2.29 bits per heavy atom. The molecule has 1 unspecified atom stereocenters. The Kier molecular flexibility index (Phi) is 5.74. The van der Waals surface area contributed by atoms with Crippen LogP contribution < -0.4 is 11.1 Å². The van der Waals surface area contributed by atoms with Gasteiger partial charge in [0, 0.05) is 11.3 Å². The van der Waals surface area contributed by atoms with E-state index in [-0.39, 0.29) is 11.8 Å². The first-order valence-electron chi connectivity index (χ1n) is 8.16. The van der Waals surface area contributed by atoms with E-state index in [1.165, 1.54) is 5.56 Å². The van der Waals surface area contributed by atoms with Gasteiger partial charge in [0.1, 0.15) is 0 Å². The maximum absolute atomic E-state index is 12.4. The van der Waals surface area contributed by atoms with Crippen molar-refractivity contribution >= 4 is 17.5 Å². The Balaban J connectivity index is 2.06. The highest BCUT2D eigenvalue weighted by Crippen LogP contribution is 2.20. The molecule has 2 aromatic rings. The standard InChI is InChI=1S/C20H24N2O2/c1-13(2)11-15-7-9-16(10-8-15)14(3)20(24)22-18-6-4-5-17(12-18)19(21)23/h4-10,12-14H,11H2,1-3H3,(H2,21,23)(H,22,24). The predicted molar refractivity (Wildman–Crippen MR) is 97.0 cm³/mol. The number of carbonyl (C=O) groups excluding carboxylic acids is 2. The van der Waals surface area contributed by atoms with Gasteiger partial charge in [-0.05, 0) is 48.6 Å². The minimum atomic E-state index is -0.514. The van der Waals surface area contributed by atoms with Crippen LogP contribution in [0.15, 0.2) is 48.5 Å². The number of anilines is 1. The number of hydrogen-bond acceptors (Lipinski definition) is 2. The molecular formula is C20H24N2O2. The fourth-order valence-corrected chi connectivity index (χ4v) is 2.57. The third-order valence-corrected chi connectivity index (χ3v) is 3.93. The van der Waals surface area contributed by atoms with E-state index in [9.17, 15) is 9.59 Å². The molecule has 0 bridgehead atoms. The largest absolute Gasteiger partial charge is 0.366 e. The van der Waals surface area contributed by atoms with Gasteiger partial charge >= 0.3 is 0 Å². The van der Waals surface area contributed by atoms with E-state index in [0.717, 1.165) is 12.0 Å². The SMILES string of the molecule is CC(C)Cc1ccc(C(C)C(=O)Nc2cccc(C(N)=O)c2)cc1. The van der Waals surface area contributed by atoms with Gasteiger partial charge in [-0.1, -0.05) is 44.2 Å². The Hall–Kier alpha value is -2.62. The van der Waals surface area contributed by atoms with Crippen molar-refractivity contribution in [3.05, 3.63) is 65.2 Å². The lowest BCUT2D eigenvalue weighted by molar-refractivity contribution is -0.117. The summed E-state index contributed by atoms with van der Waals surface area (Å²) in [5.74, 6) is -0.308. The van der Waals surface area contributed by atoms with Gasteiger partial charge in [-0.2, -0.15) is 0 Å². The molecule has 24 heavy (non-hydrogen) atoms. The van der Waals surface area contributed by atoms with Gasteiger partial charge < -0.3 is 11.1 Å². The molecule has 126 valence electrons. The lowest BCUT2D eigenvalue weighted by Gasteiger charge is -2.14. The summed E-state index contributed by atoms with van der Waals surface area (Å²) >= 11 is 0. The number of amides is 2. The highest BCUT2D eigenvalue weighted by atomic mass is 16.2. The Morgan fingerprint density at radius 1 is 1.04 bits per heavy atom. The molecule has 0 radical (unpaired) electrons. The van der Waals surface area contributed by atoms with Crippen molar-refractivity contribution in [2.24, 2.45) is 11.7 Å². The molecule has 0 fully saturated rings. The molecule has 0 aliphatic heterocycles. The molecule has 0 heterocycles. The molecule has 2 rings (SSSR count). The Morgan fingerprint density at radius 2 is 1.71 bits per heavy atom. The van der Waals surface area contributed by atoms with Crippen LogP contribution in [0.1, 0.15) is 48.2 Å². The molecule has 1 atom stereocenters. The third-order valence-electron chi connectivity index (χ3n) is 3.93. The molecule has 0 aliphatic carbocycles. The number of nitrogens with two attached hydrogens (primary N) is 1. The fourth-order valence-electron chi connectivity index (χ4n) is 2.57. The van der Waals surface area contributed by atoms with Gasteiger partial charge in [0.2, 0.25) is 11.8 Å². The summed E-state index contributed by atoms with van der Waals surface area (Å²) in [6.07, 6.45) is 1.03. The first-order valence-corrected chi connectivity index (χ1v) is 8.16. The van der Waals surface area contributed by atoms with Gasteiger partial charge in [-0.3, -0.25) is 9.59 Å². The maximum Gasteiger partial charge on any atom is 0.248 e. The van der Waals surface area contributed by atoms with Crippen LogP contribution in [0, 0.1) is 5.92 Å². The molecule has 4 nitrogen and oxygen atoms in total. The summed E-state index contributed by atoms with van der Waals surface area (Å²) in [4.78, 5) is 23.6. The van der Waals surface area contributed by atoms with E-state index in [0.29, 0.717) is 17.2 Å². The van der Waals surface area contributed by atoms with Crippen LogP contribution in [0.3, 0.4) is 0 Å². The van der Waals surface area contributed by atoms with E-state index in [4.69, 9.17) is 5.73 Å². The van der Waals surface area contributed by atoms with Crippen LogP contribution in [0.2, 0.25) is 0 Å². The lowest BCUT2D eigenvalue weighted by atomic mass is 9.96. The molecule has 0 spiro atoms. The van der Waals surface area contributed by atoms with Gasteiger partial charge in [0.15, 0.2) is 0 Å². The van der Waals surface area contributed by atoms with E-state index < -0.39 is 5.91 Å². The zero-order chi connectivity index (χ0) is 17.7. The average Bonchev–Trinajstić information content (AvgIpc) is 2.54. The van der Waals surface area contributed by atoms with Gasteiger partial charge in [0.05, 0.1) is 5.92 Å². The minimum absolute atomic E-state index is 0.117. The topological polar surface area (TPSA) is 72.2 Å². The van der Waals surface area contributed by atoms with Crippen LogP contribution in [-0.4, -0.2) is 11.8 Å². The highest BCUT2D eigenvalue weighted by Gasteiger charge is 2.16.